The number of carbonyl (C=O) groups is 1. The van der Waals surface area contributed by atoms with Gasteiger partial charge in [-0.15, -0.1) is 5.10 Å². The van der Waals surface area contributed by atoms with Crippen molar-refractivity contribution < 1.29 is 4.79 Å². The van der Waals surface area contributed by atoms with Gasteiger partial charge < -0.3 is 9.88 Å². The summed E-state index contributed by atoms with van der Waals surface area (Å²) in [7, 11) is 1.64. The molecule has 2 heterocycles. The van der Waals surface area contributed by atoms with E-state index in [2.05, 4.69) is 20.8 Å². The van der Waals surface area contributed by atoms with Crippen LogP contribution in [0.1, 0.15) is 29.2 Å². The monoisotopic (exact) mass is 336 g/mol. The fourth-order valence-corrected chi connectivity index (χ4v) is 2.58. The van der Waals surface area contributed by atoms with Crippen molar-refractivity contribution >= 4 is 11.6 Å². The summed E-state index contributed by atoms with van der Waals surface area (Å²) in [6, 6.07) is 10.6. The van der Waals surface area contributed by atoms with Crippen LogP contribution in [0.15, 0.2) is 47.4 Å². The van der Waals surface area contributed by atoms with Crippen LogP contribution in [0.3, 0.4) is 0 Å². The Hall–Kier alpha value is -3.29. The van der Waals surface area contributed by atoms with Crippen LogP contribution in [0, 0.1) is 0 Å². The highest BCUT2D eigenvalue weighted by atomic mass is 16.2. The number of pyridine rings is 1. The predicted molar refractivity (Wildman–Crippen MR) is 91.2 cm³/mol. The number of benzene rings is 1. The molecule has 1 saturated carbocycles. The van der Waals surface area contributed by atoms with Gasteiger partial charge >= 0.3 is 0 Å². The highest BCUT2D eigenvalue weighted by molar-refractivity contribution is 6.04. The quantitative estimate of drug-likeness (QED) is 0.781. The molecule has 0 radical (unpaired) electrons. The first-order valence-corrected chi connectivity index (χ1v) is 7.98. The van der Waals surface area contributed by atoms with E-state index in [0.717, 1.165) is 18.4 Å². The molecule has 0 spiro atoms. The van der Waals surface area contributed by atoms with E-state index in [-0.39, 0.29) is 11.5 Å². The van der Waals surface area contributed by atoms with E-state index in [0.29, 0.717) is 23.1 Å². The molecule has 0 atom stereocenters. The molecule has 1 fully saturated rings. The van der Waals surface area contributed by atoms with Gasteiger partial charge in [0.15, 0.2) is 5.82 Å². The number of aromatic nitrogens is 5. The molecule has 1 amide bonds. The second kappa shape index (κ2) is 5.97. The summed E-state index contributed by atoms with van der Waals surface area (Å²) in [6.07, 6.45) is 3.73. The van der Waals surface area contributed by atoms with E-state index >= 15 is 0 Å². The summed E-state index contributed by atoms with van der Waals surface area (Å²) in [5.74, 6) is 0.351. The number of amides is 1. The van der Waals surface area contributed by atoms with Gasteiger partial charge in [-0.25, -0.2) is 4.68 Å². The standard InChI is InChI=1S/C17H16N6O2/c1-22-8-7-12(10-15(22)24)17(25)18-13-4-2-3-11(9-13)16-19-20-21-23(16)14-5-6-14/h2-4,7-10,14H,5-6H2,1H3,(H,18,25). The van der Waals surface area contributed by atoms with Crippen molar-refractivity contribution in [3.05, 3.63) is 58.5 Å². The van der Waals surface area contributed by atoms with Crippen molar-refractivity contribution in [2.45, 2.75) is 18.9 Å². The molecule has 0 saturated heterocycles. The van der Waals surface area contributed by atoms with Crippen LogP contribution in [0.2, 0.25) is 0 Å². The SMILES string of the molecule is Cn1ccc(C(=O)Nc2cccc(-c3nnnn3C3CC3)c2)cc1=O. The Bertz CT molecular complexity index is 1000. The maximum Gasteiger partial charge on any atom is 0.255 e. The summed E-state index contributed by atoms with van der Waals surface area (Å²) in [5.41, 5.74) is 1.54. The van der Waals surface area contributed by atoms with E-state index in [1.165, 1.54) is 10.6 Å². The number of anilines is 1. The Balaban J connectivity index is 1.59. The Morgan fingerprint density at radius 2 is 2.08 bits per heavy atom. The molecule has 2 aromatic heterocycles. The molecule has 1 aliphatic carbocycles. The molecular formula is C17H16N6O2. The van der Waals surface area contributed by atoms with Gasteiger partial charge in [0, 0.05) is 36.1 Å². The molecule has 126 valence electrons. The molecule has 25 heavy (non-hydrogen) atoms. The maximum absolute atomic E-state index is 12.4. The van der Waals surface area contributed by atoms with Crippen LogP contribution in [0.5, 0.6) is 0 Å². The lowest BCUT2D eigenvalue weighted by molar-refractivity contribution is 0.102. The topological polar surface area (TPSA) is 94.7 Å². The van der Waals surface area contributed by atoms with Crippen LogP contribution in [0.4, 0.5) is 5.69 Å². The fraction of sp³-hybridized carbons (Fsp3) is 0.235. The number of nitrogens with one attached hydrogen (secondary N) is 1. The normalized spacial score (nSPS) is 13.6. The molecule has 1 aromatic carbocycles. The highest BCUT2D eigenvalue weighted by Gasteiger charge is 2.28. The first-order chi connectivity index (χ1) is 12.1. The van der Waals surface area contributed by atoms with E-state index in [1.807, 2.05) is 22.9 Å². The Morgan fingerprint density at radius 1 is 1.24 bits per heavy atom. The number of tetrazole rings is 1. The fourth-order valence-electron chi connectivity index (χ4n) is 2.58. The third-order valence-corrected chi connectivity index (χ3v) is 4.13. The molecular weight excluding hydrogens is 320 g/mol. The molecule has 4 rings (SSSR count). The first kappa shape index (κ1) is 15.3. The predicted octanol–water partition coefficient (Wildman–Crippen LogP) is 1.63. The highest BCUT2D eigenvalue weighted by Crippen LogP contribution is 2.36. The second-order valence-corrected chi connectivity index (χ2v) is 6.08. The van der Waals surface area contributed by atoms with Gasteiger partial charge in [-0.1, -0.05) is 12.1 Å². The van der Waals surface area contributed by atoms with Gasteiger partial charge in [0.25, 0.3) is 11.5 Å². The molecule has 3 aromatic rings. The summed E-state index contributed by atoms with van der Waals surface area (Å²) in [4.78, 5) is 24.0. The van der Waals surface area contributed by atoms with Crippen molar-refractivity contribution in [3.8, 4) is 11.4 Å². The van der Waals surface area contributed by atoms with Gasteiger partial charge in [0.05, 0.1) is 6.04 Å². The van der Waals surface area contributed by atoms with Crippen LogP contribution >= 0.6 is 0 Å². The van der Waals surface area contributed by atoms with Crippen LogP contribution in [0.25, 0.3) is 11.4 Å². The Morgan fingerprint density at radius 3 is 2.84 bits per heavy atom. The van der Waals surface area contributed by atoms with E-state index in [1.54, 1.807) is 25.4 Å². The molecule has 0 unspecified atom stereocenters. The number of aryl methyl sites for hydroxylation is 1. The third kappa shape index (κ3) is 3.06. The van der Waals surface area contributed by atoms with Gasteiger partial charge in [0.1, 0.15) is 0 Å². The molecule has 8 nitrogen and oxygen atoms in total. The summed E-state index contributed by atoms with van der Waals surface area (Å²) >= 11 is 0. The summed E-state index contributed by atoms with van der Waals surface area (Å²) in [5, 5.41) is 14.7. The number of hydrogen-bond acceptors (Lipinski definition) is 5. The van der Waals surface area contributed by atoms with Crippen LogP contribution < -0.4 is 10.9 Å². The number of rotatable bonds is 4. The lowest BCUT2D eigenvalue weighted by Crippen LogP contribution is -2.20. The number of carbonyl (C=O) groups excluding carboxylic acids is 1. The molecule has 1 N–H and O–H groups in total. The zero-order chi connectivity index (χ0) is 17.4. The number of nitrogens with zero attached hydrogens (tertiary/aromatic N) is 5. The smallest absolute Gasteiger partial charge is 0.255 e. The van der Waals surface area contributed by atoms with Crippen molar-refractivity contribution in [3.63, 3.8) is 0 Å². The number of hydrogen-bond donors (Lipinski definition) is 1. The average molecular weight is 336 g/mol. The minimum Gasteiger partial charge on any atom is -0.322 e. The maximum atomic E-state index is 12.4. The van der Waals surface area contributed by atoms with Gasteiger partial charge in [0.2, 0.25) is 0 Å². The molecule has 0 aliphatic heterocycles. The van der Waals surface area contributed by atoms with Crippen molar-refractivity contribution in [1.82, 2.24) is 24.8 Å². The minimum atomic E-state index is -0.336. The third-order valence-electron chi connectivity index (χ3n) is 4.13. The van der Waals surface area contributed by atoms with Crippen molar-refractivity contribution in [1.29, 1.82) is 0 Å². The average Bonchev–Trinajstić information content (AvgIpc) is 3.34. The minimum absolute atomic E-state index is 0.231. The van der Waals surface area contributed by atoms with E-state index < -0.39 is 0 Å². The van der Waals surface area contributed by atoms with E-state index in [4.69, 9.17) is 0 Å². The molecule has 1 aliphatic rings. The summed E-state index contributed by atoms with van der Waals surface area (Å²) in [6.45, 7) is 0. The second-order valence-electron chi connectivity index (χ2n) is 6.08. The summed E-state index contributed by atoms with van der Waals surface area (Å²) < 4.78 is 3.23. The zero-order valence-electron chi connectivity index (χ0n) is 13.6. The van der Waals surface area contributed by atoms with Crippen LogP contribution in [-0.2, 0) is 7.05 Å². The van der Waals surface area contributed by atoms with Crippen LogP contribution in [-0.4, -0.2) is 30.7 Å². The van der Waals surface area contributed by atoms with Gasteiger partial charge in [-0.05, 0) is 41.5 Å². The largest absolute Gasteiger partial charge is 0.322 e. The molecule has 8 heteroatoms. The van der Waals surface area contributed by atoms with Gasteiger partial charge in [-0.2, -0.15) is 0 Å². The van der Waals surface area contributed by atoms with Crippen molar-refractivity contribution in [2.24, 2.45) is 7.05 Å². The lowest BCUT2D eigenvalue weighted by atomic mass is 10.1. The zero-order valence-corrected chi connectivity index (χ0v) is 13.6. The molecule has 0 bridgehead atoms. The van der Waals surface area contributed by atoms with E-state index in [9.17, 15) is 9.59 Å². The van der Waals surface area contributed by atoms with Crippen molar-refractivity contribution in [2.75, 3.05) is 5.32 Å². The lowest BCUT2D eigenvalue weighted by Gasteiger charge is -2.08. The Kier molecular flexibility index (Phi) is 3.64. The Labute approximate surface area is 143 Å². The van der Waals surface area contributed by atoms with Gasteiger partial charge in [-0.3, -0.25) is 9.59 Å². The first-order valence-electron chi connectivity index (χ1n) is 7.98.